The molecule has 146 valence electrons. The van der Waals surface area contributed by atoms with Crippen LogP contribution in [0.3, 0.4) is 0 Å². The lowest BCUT2D eigenvalue weighted by Crippen LogP contribution is -2.70. The molecule has 1 aromatic rings. The Morgan fingerprint density at radius 1 is 1.30 bits per heavy atom. The quantitative estimate of drug-likeness (QED) is 0.526. The van der Waals surface area contributed by atoms with Crippen molar-refractivity contribution in [2.45, 2.75) is 42.6 Å². The van der Waals surface area contributed by atoms with Crippen LogP contribution in [-0.2, 0) is 20.9 Å². The third kappa shape index (κ3) is 3.30. The highest BCUT2D eigenvalue weighted by Crippen LogP contribution is 2.50. The first-order valence-corrected chi connectivity index (χ1v) is 9.73. The van der Waals surface area contributed by atoms with Crippen molar-refractivity contribution in [3.63, 3.8) is 0 Å². The maximum Gasteiger partial charge on any atom is 0.327 e. The van der Waals surface area contributed by atoms with E-state index in [4.69, 9.17) is 34.8 Å². The van der Waals surface area contributed by atoms with E-state index in [-0.39, 0.29) is 21.7 Å². The molecule has 2 saturated heterocycles. The van der Waals surface area contributed by atoms with Crippen LogP contribution in [0.15, 0.2) is 11.0 Å². The number of carboxylic acids is 1. The maximum absolute atomic E-state index is 12.4. The Bertz CT molecular complexity index is 919. The summed E-state index contributed by atoms with van der Waals surface area (Å²) in [7, 11) is 0. The van der Waals surface area contributed by atoms with Gasteiger partial charge in [-0.15, -0.1) is 11.8 Å². The van der Waals surface area contributed by atoms with Crippen LogP contribution < -0.4 is 10.7 Å². The molecular weight excluding hydrogens is 441 g/mol. The predicted molar refractivity (Wildman–Crippen MR) is 101 cm³/mol. The highest BCUT2D eigenvalue weighted by molar-refractivity contribution is 8.01. The van der Waals surface area contributed by atoms with E-state index in [0.717, 1.165) is 0 Å². The molecule has 2 N–H and O–H groups in total. The van der Waals surface area contributed by atoms with Crippen molar-refractivity contribution in [1.29, 1.82) is 0 Å². The van der Waals surface area contributed by atoms with E-state index in [1.807, 2.05) is 0 Å². The second-order valence-corrected chi connectivity index (χ2v) is 9.60. The number of hydrogen-bond acceptors (Lipinski definition) is 5. The summed E-state index contributed by atoms with van der Waals surface area (Å²) in [6.45, 7) is 3.17. The molecule has 0 aromatic carbocycles. The zero-order valence-corrected chi connectivity index (χ0v) is 17.1. The summed E-state index contributed by atoms with van der Waals surface area (Å²) in [5.74, 6) is -2.10. The van der Waals surface area contributed by atoms with E-state index in [1.54, 1.807) is 13.8 Å². The van der Waals surface area contributed by atoms with Gasteiger partial charge in [0, 0.05) is 10.9 Å². The summed E-state index contributed by atoms with van der Waals surface area (Å²) in [5.41, 5.74) is -0.644. The van der Waals surface area contributed by atoms with Crippen molar-refractivity contribution in [1.82, 2.24) is 14.8 Å². The molecule has 2 fully saturated rings. The third-order valence-electron chi connectivity index (χ3n) is 4.42. The zero-order chi connectivity index (χ0) is 20.3. The molecule has 0 aliphatic carbocycles. The average Bonchev–Trinajstić information content (AvgIpc) is 2.84. The number of halogens is 3. The summed E-state index contributed by atoms with van der Waals surface area (Å²) >= 11 is 18.8. The molecule has 3 atom stereocenters. The van der Waals surface area contributed by atoms with Gasteiger partial charge in [0.1, 0.15) is 39.2 Å². The summed E-state index contributed by atoms with van der Waals surface area (Å²) in [6.07, 6.45) is 1.18. The molecule has 0 radical (unpaired) electrons. The Morgan fingerprint density at radius 2 is 1.93 bits per heavy atom. The van der Waals surface area contributed by atoms with Gasteiger partial charge >= 0.3 is 5.97 Å². The van der Waals surface area contributed by atoms with Gasteiger partial charge < -0.3 is 19.9 Å². The minimum absolute atomic E-state index is 0.148. The molecule has 3 heterocycles. The molecule has 0 bridgehead atoms. The Balaban J connectivity index is 1.73. The highest BCUT2D eigenvalue weighted by atomic mass is 35.5. The predicted octanol–water partition coefficient (Wildman–Crippen LogP) is 1.44. The molecule has 2 aliphatic rings. The summed E-state index contributed by atoms with van der Waals surface area (Å²) < 4.78 is 0.504. The van der Waals surface area contributed by atoms with E-state index in [0.29, 0.717) is 0 Å². The van der Waals surface area contributed by atoms with Gasteiger partial charge in [-0.05, 0) is 13.8 Å². The number of hydrogen-bond donors (Lipinski definition) is 2. The molecule has 1 aromatic heterocycles. The van der Waals surface area contributed by atoms with Crippen LogP contribution in [0.2, 0.25) is 15.2 Å². The number of fused-ring (bicyclic) bond motifs is 1. The number of rotatable bonds is 4. The molecular formula is C15H14Cl3N3O5S. The van der Waals surface area contributed by atoms with Crippen LogP contribution >= 0.6 is 46.6 Å². The molecule has 0 unspecified atom stereocenters. The standard InChI is InChI=1S/C15H14Cl3N3O5S/c1-15(2)10(14(25)26)21-12(24)8(13(21)27-15)19-6(22)4-20-3-5(16)9(23)7(17)11(20)18/h3,8,10,13H,4H2,1-2H3,(H,19,22)(H,25,26)/t8-,10+,13-/m1/s1. The number of amides is 2. The molecule has 0 spiro atoms. The van der Waals surface area contributed by atoms with E-state index in [1.165, 1.54) is 27.4 Å². The van der Waals surface area contributed by atoms with Crippen molar-refractivity contribution in [2.75, 3.05) is 0 Å². The summed E-state index contributed by atoms with van der Waals surface area (Å²) in [6, 6.07) is -1.80. The zero-order valence-electron chi connectivity index (χ0n) is 14.0. The van der Waals surface area contributed by atoms with Crippen molar-refractivity contribution in [3.05, 3.63) is 31.6 Å². The number of β-lactam (4-membered cyclic amide) rings is 1. The number of thioether (sulfide) groups is 1. The van der Waals surface area contributed by atoms with Crippen LogP contribution in [0.25, 0.3) is 0 Å². The van der Waals surface area contributed by atoms with E-state index < -0.39 is 45.4 Å². The summed E-state index contributed by atoms with van der Waals surface area (Å²) in [4.78, 5) is 49.1. The van der Waals surface area contributed by atoms with Crippen molar-refractivity contribution in [2.24, 2.45) is 0 Å². The first-order valence-electron chi connectivity index (χ1n) is 7.72. The smallest absolute Gasteiger partial charge is 0.327 e. The number of pyridine rings is 1. The first kappa shape index (κ1) is 20.3. The fourth-order valence-corrected chi connectivity index (χ4v) is 5.50. The number of carbonyl (C=O) groups excluding carboxylic acids is 2. The van der Waals surface area contributed by atoms with E-state index >= 15 is 0 Å². The van der Waals surface area contributed by atoms with Crippen LogP contribution in [0.4, 0.5) is 0 Å². The maximum atomic E-state index is 12.4. The number of aromatic nitrogens is 1. The number of nitrogens with zero attached hydrogens (tertiary/aromatic N) is 2. The number of carbonyl (C=O) groups is 3. The molecule has 2 aliphatic heterocycles. The normalized spacial score (nSPS) is 25.7. The molecule has 3 rings (SSSR count). The first-order chi connectivity index (χ1) is 12.5. The van der Waals surface area contributed by atoms with Gasteiger partial charge in [0.25, 0.3) is 0 Å². The van der Waals surface area contributed by atoms with Crippen molar-refractivity contribution in [3.8, 4) is 0 Å². The van der Waals surface area contributed by atoms with E-state index in [9.17, 15) is 24.3 Å². The van der Waals surface area contributed by atoms with Gasteiger partial charge in [0.05, 0.1) is 0 Å². The topological polar surface area (TPSA) is 109 Å². The molecule has 0 saturated carbocycles. The molecule has 12 heteroatoms. The largest absolute Gasteiger partial charge is 0.480 e. The Labute approximate surface area is 172 Å². The Morgan fingerprint density at radius 3 is 2.52 bits per heavy atom. The SMILES string of the molecule is CC1(C)S[C@@H]2[C@H](NC(=O)Cn3cc(Cl)c(=O)c(Cl)c3Cl)C(=O)N2[C@H]1C(=O)O. The van der Waals surface area contributed by atoms with Crippen LogP contribution in [0, 0.1) is 0 Å². The van der Waals surface area contributed by atoms with Gasteiger partial charge in [-0.25, -0.2) is 4.79 Å². The van der Waals surface area contributed by atoms with Gasteiger partial charge in [-0.3, -0.25) is 14.4 Å². The molecule has 27 heavy (non-hydrogen) atoms. The lowest BCUT2D eigenvalue weighted by Gasteiger charge is -2.43. The molecule has 2 amide bonds. The Hall–Kier alpha value is -1.42. The second-order valence-electron chi connectivity index (χ2n) is 6.68. The van der Waals surface area contributed by atoms with Crippen LogP contribution in [0.5, 0.6) is 0 Å². The van der Waals surface area contributed by atoms with Gasteiger partial charge in [0.2, 0.25) is 17.2 Å². The highest BCUT2D eigenvalue weighted by Gasteiger charge is 2.64. The van der Waals surface area contributed by atoms with Gasteiger partial charge in [-0.2, -0.15) is 0 Å². The van der Waals surface area contributed by atoms with Crippen molar-refractivity contribution >= 4 is 64.3 Å². The average molecular weight is 455 g/mol. The van der Waals surface area contributed by atoms with Gasteiger partial charge in [-0.1, -0.05) is 34.8 Å². The second kappa shape index (κ2) is 6.88. The fourth-order valence-electron chi connectivity index (χ4n) is 3.21. The minimum atomic E-state index is -1.09. The van der Waals surface area contributed by atoms with Crippen molar-refractivity contribution < 1.29 is 19.5 Å². The van der Waals surface area contributed by atoms with Gasteiger partial charge in [0.15, 0.2) is 0 Å². The third-order valence-corrected chi connectivity index (χ3v) is 7.12. The number of carboxylic acid groups (broad SMARTS) is 1. The fraction of sp³-hybridized carbons (Fsp3) is 0.467. The molecule has 8 nitrogen and oxygen atoms in total. The number of nitrogens with one attached hydrogen (secondary N) is 1. The minimum Gasteiger partial charge on any atom is -0.480 e. The summed E-state index contributed by atoms with van der Waals surface area (Å²) in [5, 5.41) is 10.9. The lowest BCUT2D eigenvalue weighted by atomic mass is 9.96. The lowest BCUT2D eigenvalue weighted by molar-refractivity contribution is -0.161. The monoisotopic (exact) mass is 453 g/mol. The Kier molecular flexibility index (Phi) is 5.17. The number of aliphatic carboxylic acids is 1. The van der Waals surface area contributed by atoms with Crippen LogP contribution in [-0.4, -0.2) is 54.6 Å². The van der Waals surface area contributed by atoms with Crippen LogP contribution in [0.1, 0.15) is 13.8 Å². The van der Waals surface area contributed by atoms with E-state index in [2.05, 4.69) is 5.32 Å².